The molecule has 0 unspecified atom stereocenters. The summed E-state index contributed by atoms with van der Waals surface area (Å²) in [6, 6.07) is 6.38. The summed E-state index contributed by atoms with van der Waals surface area (Å²) in [5, 5.41) is 0.985. The normalized spacial score (nSPS) is 10.2. The van der Waals surface area contributed by atoms with Crippen LogP contribution in [-0.2, 0) is 0 Å². The first kappa shape index (κ1) is 12.3. The van der Waals surface area contributed by atoms with E-state index in [1.165, 1.54) is 15.4 Å². The number of hydrogen-bond acceptors (Lipinski definition) is 1. The van der Waals surface area contributed by atoms with Crippen LogP contribution in [0.25, 0.3) is 0 Å². The van der Waals surface area contributed by atoms with Crippen molar-refractivity contribution in [1.29, 1.82) is 0 Å². The number of rotatable bonds is 4. The molecule has 0 fully saturated rings. The van der Waals surface area contributed by atoms with Gasteiger partial charge in [-0.2, -0.15) is 0 Å². The van der Waals surface area contributed by atoms with Crippen molar-refractivity contribution in [3.8, 4) is 0 Å². The summed E-state index contributed by atoms with van der Waals surface area (Å²) >= 11 is 6.81. The maximum absolute atomic E-state index is 6.31. The molecule has 0 saturated heterocycles. The van der Waals surface area contributed by atoms with E-state index in [1.54, 1.807) is 0 Å². The van der Waals surface area contributed by atoms with Gasteiger partial charge in [-0.1, -0.05) is 0 Å². The van der Waals surface area contributed by atoms with Crippen LogP contribution in [0.3, 0.4) is 0 Å². The zero-order valence-electron chi connectivity index (χ0n) is 9.18. The van der Waals surface area contributed by atoms with Gasteiger partial charge >= 0.3 is 106 Å². The molecule has 0 bridgehead atoms. The Morgan fingerprint density at radius 1 is 1.36 bits per heavy atom. The Bertz CT molecular complexity index is 301. The Morgan fingerprint density at radius 2 is 2.07 bits per heavy atom. The third-order valence-corrected chi connectivity index (χ3v) is 6.16. The van der Waals surface area contributed by atoms with Crippen molar-refractivity contribution in [3.05, 3.63) is 23.2 Å². The van der Waals surface area contributed by atoms with Gasteiger partial charge in [-0.05, 0) is 0 Å². The van der Waals surface area contributed by atoms with Crippen molar-refractivity contribution in [2.75, 3.05) is 18.0 Å². The molecule has 1 aromatic carbocycles. The van der Waals surface area contributed by atoms with E-state index < -0.39 is 0 Å². The van der Waals surface area contributed by atoms with Gasteiger partial charge in [0.1, 0.15) is 0 Å². The van der Waals surface area contributed by atoms with Crippen LogP contribution in [0, 0.1) is 0 Å². The van der Waals surface area contributed by atoms with E-state index in [1.807, 2.05) is 0 Å². The standard InChI is InChI=1S/C11H15ClN.In.2H/c1-3-9-13(4-2)11-8-6-5-7-10(11)12;;;/h5-6,8H,3-4,9H2,1-2H3;;;. The van der Waals surface area contributed by atoms with E-state index in [2.05, 4.69) is 36.9 Å². The predicted molar refractivity (Wildman–Crippen MR) is 67.8 cm³/mol. The van der Waals surface area contributed by atoms with Crippen LogP contribution in [-0.4, -0.2) is 37.5 Å². The van der Waals surface area contributed by atoms with Crippen molar-refractivity contribution in [2.24, 2.45) is 0 Å². The maximum atomic E-state index is 6.31. The fourth-order valence-corrected chi connectivity index (χ4v) is 3.12. The van der Waals surface area contributed by atoms with Crippen LogP contribution < -0.4 is 8.22 Å². The van der Waals surface area contributed by atoms with Gasteiger partial charge in [-0.15, -0.1) is 0 Å². The molecule has 76 valence electrons. The second-order valence-corrected chi connectivity index (χ2v) is 6.94. The fraction of sp³-hybridized carbons (Fsp3) is 0.455. The quantitative estimate of drug-likeness (QED) is 0.820. The van der Waals surface area contributed by atoms with Crippen molar-refractivity contribution < 1.29 is 0 Å². The summed E-state index contributed by atoms with van der Waals surface area (Å²) in [5.74, 6) is 0. The van der Waals surface area contributed by atoms with E-state index in [0.717, 1.165) is 18.1 Å². The molecule has 0 aromatic heterocycles. The number of nitrogens with zero attached hydrogens (tertiary/aromatic N) is 1. The summed E-state index contributed by atoms with van der Waals surface area (Å²) in [4.78, 5) is 2.35. The molecule has 0 amide bonds. The Balaban J connectivity index is 2.97. The summed E-state index contributed by atoms with van der Waals surface area (Å²) < 4.78 is 1.36. The predicted octanol–water partition coefficient (Wildman–Crippen LogP) is 1.83. The molecular weight excluding hydrogens is 296 g/mol. The van der Waals surface area contributed by atoms with Crippen LogP contribution in [0.15, 0.2) is 18.2 Å². The topological polar surface area (TPSA) is 3.24 Å². The average Bonchev–Trinajstić information content (AvgIpc) is 2.19. The Kier molecular flexibility index (Phi) is 5.18. The summed E-state index contributed by atoms with van der Waals surface area (Å²) in [7, 11) is 0. The molecule has 0 atom stereocenters. The summed E-state index contributed by atoms with van der Waals surface area (Å²) in [5.41, 5.74) is 1.22. The molecule has 1 nitrogen and oxygen atoms in total. The molecule has 3 heteroatoms. The molecule has 0 aliphatic rings. The van der Waals surface area contributed by atoms with Crippen LogP contribution in [0.1, 0.15) is 20.3 Å². The van der Waals surface area contributed by atoms with Gasteiger partial charge in [-0.25, -0.2) is 0 Å². The van der Waals surface area contributed by atoms with Gasteiger partial charge in [0.05, 0.1) is 0 Å². The molecule has 0 saturated carbocycles. The molecule has 0 aliphatic heterocycles. The van der Waals surface area contributed by atoms with Crippen molar-refractivity contribution >= 4 is 45.0 Å². The molecule has 0 radical (unpaired) electrons. The number of hydrogen-bond donors (Lipinski definition) is 0. The van der Waals surface area contributed by atoms with Crippen molar-refractivity contribution in [2.45, 2.75) is 20.3 Å². The SMILES string of the molecule is CCCN(CC)c1ccc[c]([InH2])c1Cl. The Hall–Kier alpha value is 0.180. The molecule has 1 rings (SSSR count). The first-order valence-corrected chi connectivity index (χ1v) is 8.44. The van der Waals surface area contributed by atoms with Gasteiger partial charge in [0, 0.05) is 0 Å². The molecule has 1 aromatic rings. The van der Waals surface area contributed by atoms with Gasteiger partial charge in [-0.3, -0.25) is 0 Å². The average molecular weight is 314 g/mol. The van der Waals surface area contributed by atoms with Crippen molar-refractivity contribution in [3.63, 3.8) is 0 Å². The Labute approximate surface area is 106 Å². The second kappa shape index (κ2) is 5.92. The molecule has 0 aliphatic carbocycles. The van der Waals surface area contributed by atoms with Gasteiger partial charge in [0.25, 0.3) is 0 Å². The minimum atomic E-state index is 0.492. The van der Waals surface area contributed by atoms with Gasteiger partial charge in [0.15, 0.2) is 0 Å². The molecule has 0 heterocycles. The zero-order chi connectivity index (χ0) is 10.6. The van der Waals surface area contributed by atoms with E-state index in [9.17, 15) is 0 Å². The molecular formula is C11H17ClInN. The van der Waals surface area contributed by atoms with E-state index in [4.69, 9.17) is 11.6 Å². The Morgan fingerprint density at radius 3 is 2.64 bits per heavy atom. The minimum absolute atomic E-state index is 0.492. The number of benzene rings is 1. The summed E-state index contributed by atoms with van der Waals surface area (Å²) in [6.45, 7) is 6.50. The van der Waals surface area contributed by atoms with Crippen LogP contribution in [0.4, 0.5) is 5.69 Å². The number of anilines is 1. The fourth-order valence-electron chi connectivity index (χ4n) is 1.59. The van der Waals surface area contributed by atoms with Gasteiger partial charge in [0.2, 0.25) is 0 Å². The first-order chi connectivity index (χ1) is 6.70. The van der Waals surface area contributed by atoms with Crippen molar-refractivity contribution in [1.82, 2.24) is 0 Å². The van der Waals surface area contributed by atoms with Crippen LogP contribution in [0.2, 0.25) is 5.02 Å². The van der Waals surface area contributed by atoms with E-state index in [-0.39, 0.29) is 0 Å². The molecule has 0 spiro atoms. The second-order valence-electron chi connectivity index (χ2n) is 3.49. The monoisotopic (exact) mass is 313 g/mol. The van der Waals surface area contributed by atoms with E-state index in [0.29, 0.717) is 24.4 Å². The molecule has 14 heavy (non-hydrogen) atoms. The third kappa shape index (κ3) is 2.83. The zero-order valence-corrected chi connectivity index (χ0v) is 15.6. The van der Waals surface area contributed by atoms with Crippen LogP contribution in [0.5, 0.6) is 0 Å². The first-order valence-electron chi connectivity index (χ1n) is 5.20. The van der Waals surface area contributed by atoms with Gasteiger partial charge < -0.3 is 0 Å². The summed E-state index contributed by atoms with van der Waals surface area (Å²) in [6.07, 6.45) is 1.17. The van der Waals surface area contributed by atoms with Crippen LogP contribution >= 0.6 is 11.6 Å². The third-order valence-electron chi connectivity index (χ3n) is 2.39. The van der Waals surface area contributed by atoms with E-state index >= 15 is 0 Å². The molecule has 0 N–H and O–H groups in total. The number of halogens is 1.